The van der Waals surface area contributed by atoms with Gasteiger partial charge in [-0.15, -0.1) is 6.58 Å². The topological polar surface area (TPSA) is 113 Å². The molecule has 1 atom stereocenters. The molecule has 148 valence electrons. The number of nitrogens with zero attached hydrogens (tertiary/aromatic N) is 1. The van der Waals surface area contributed by atoms with Crippen LogP contribution in [0.3, 0.4) is 0 Å². The second-order valence-corrected chi connectivity index (χ2v) is 8.11. The summed E-state index contributed by atoms with van der Waals surface area (Å²) < 4.78 is 32.3. The van der Waals surface area contributed by atoms with Gasteiger partial charge in [-0.1, -0.05) is 6.08 Å². The van der Waals surface area contributed by atoms with Gasteiger partial charge in [-0.2, -0.15) is 4.31 Å². The molecule has 1 unspecified atom stereocenters. The number of carbonyl (C=O) groups is 2. The number of methoxy groups -OCH3 is 1. The molecule has 2 N–H and O–H groups in total. The van der Waals surface area contributed by atoms with E-state index in [9.17, 15) is 23.1 Å². The average molecular weight is 396 g/mol. The molecule has 1 aliphatic rings. The van der Waals surface area contributed by atoms with Crippen LogP contribution in [-0.2, 0) is 14.8 Å². The van der Waals surface area contributed by atoms with Crippen LogP contribution < -0.4 is 10.1 Å². The highest BCUT2D eigenvalue weighted by Crippen LogP contribution is 2.29. The van der Waals surface area contributed by atoms with Gasteiger partial charge >= 0.3 is 5.97 Å². The minimum atomic E-state index is -3.80. The highest BCUT2D eigenvalue weighted by Gasteiger charge is 2.31. The summed E-state index contributed by atoms with van der Waals surface area (Å²) in [4.78, 5) is 23.7. The van der Waals surface area contributed by atoms with E-state index < -0.39 is 27.9 Å². The summed E-state index contributed by atoms with van der Waals surface area (Å²) in [7, 11) is -2.44. The number of benzene rings is 1. The smallest absolute Gasteiger partial charge is 0.326 e. The largest absolute Gasteiger partial charge is 0.495 e. The lowest BCUT2D eigenvalue weighted by Gasteiger charge is -2.19. The summed E-state index contributed by atoms with van der Waals surface area (Å²) in [5.74, 6) is -1.68. The number of sulfonamides is 1. The van der Waals surface area contributed by atoms with Crippen LogP contribution in [0.25, 0.3) is 0 Å². The Balaban J connectivity index is 2.31. The average Bonchev–Trinajstić information content (AvgIpc) is 3.19. The Hall–Kier alpha value is -2.39. The van der Waals surface area contributed by atoms with Gasteiger partial charge < -0.3 is 15.2 Å². The summed E-state index contributed by atoms with van der Waals surface area (Å²) in [5.41, 5.74) is 0.0541. The fraction of sp³-hybridized carbons (Fsp3) is 0.444. The molecule has 27 heavy (non-hydrogen) atoms. The van der Waals surface area contributed by atoms with Gasteiger partial charge in [0, 0.05) is 18.7 Å². The Morgan fingerprint density at radius 2 is 2.04 bits per heavy atom. The molecular formula is C18H24N2O6S. The Bertz CT molecular complexity index is 815. The lowest BCUT2D eigenvalue weighted by Crippen LogP contribution is -2.40. The van der Waals surface area contributed by atoms with Crippen LogP contribution in [0.5, 0.6) is 5.75 Å². The molecule has 1 fully saturated rings. The Kier molecular flexibility index (Phi) is 6.98. The molecule has 0 saturated carbocycles. The first-order valence-electron chi connectivity index (χ1n) is 8.64. The molecule has 0 aromatic heterocycles. The first kappa shape index (κ1) is 20.9. The van der Waals surface area contributed by atoms with Gasteiger partial charge in [0.25, 0.3) is 5.91 Å². The molecule has 1 aromatic rings. The third kappa shape index (κ3) is 4.86. The van der Waals surface area contributed by atoms with Gasteiger partial charge in [0.05, 0.1) is 7.11 Å². The maximum atomic E-state index is 12.9. The van der Waals surface area contributed by atoms with Crippen molar-refractivity contribution in [1.82, 2.24) is 9.62 Å². The van der Waals surface area contributed by atoms with Crippen molar-refractivity contribution in [1.29, 1.82) is 0 Å². The lowest BCUT2D eigenvalue weighted by molar-refractivity contribution is -0.139. The molecule has 2 rings (SSSR count). The Morgan fingerprint density at radius 1 is 1.37 bits per heavy atom. The van der Waals surface area contributed by atoms with Gasteiger partial charge in [0.15, 0.2) is 0 Å². The summed E-state index contributed by atoms with van der Waals surface area (Å²) in [6.45, 7) is 4.38. The van der Waals surface area contributed by atoms with E-state index in [1.54, 1.807) is 6.08 Å². The molecule has 1 amide bonds. The molecule has 8 nitrogen and oxygen atoms in total. The van der Waals surface area contributed by atoms with E-state index in [4.69, 9.17) is 4.74 Å². The highest BCUT2D eigenvalue weighted by molar-refractivity contribution is 7.89. The quantitative estimate of drug-likeness (QED) is 0.614. The van der Waals surface area contributed by atoms with Crippen LogP contribution in [0.1, 0.15) is 36.0 Å². The van der Waals surface area contributed by atoms with Crippen LogP contribution in [-0.4, -0.2) is 55.9 Å². The summed E-state index contributed by atoms with van der Waals surface area (Å²) in [6.07, 6.45) is 3.75. The Labute approximate surface area is 158 Å². The number of hydrogen-bond donors (Lipinski definition) is 2. The van der Waals surface area contributed by atoms with E-state index in [0.717, 1.165) is 12.8 Å². The van der Waals surface area contributed by atoms with Gasteiger partial charge in [-0.25, -0.2) is 13.2 Å². The van der Waals surface area contributed by atoms with Crippen molar-refractivity contribution in [2.24, 2.45) is 0 Å². The van der Waals surface area contributed by atoms with E-state index in [1.165, 1.54) is 29.6 Å². The van der Waals surface area contributed by atoms with E-state index in [2.05, 4.69) is 11.9 Å². The minimum absolute atomic E-state index is 0.0541. The predicted molar refractivity (Wildman–Crippen MR) is 99.3 cm³/mol. The van der Waals surface area contributed by atoms with Crippen molar-refractivity contribution < 1.29 is 27.9 Å². The van der Waals surface area contributed by atoms with E-state index in [-0.39, 0.29) is 22.6 Å². The molecular weight excluding hydrogens is 372 g/mol. The number of carboxylic acid groups (broad SMARTS) is 1. The number of carboxylic acids is 1. The van der Waals surface area contributed by atoms with E-state index >= 15 is 0 Å². The van der Waals surface area contributed by atoms with Crippen molar-refractivity contribution in [3.05, 3.63) is 36.4 Å². The zero-order valence-electron chi connectivity index (χ0n) is 15.2. The maximum Gasteiger partial charge on any atom is 0.326 e. The number of amides is 1. The van der Waals surface area contributed by atoms with Crippen LogP contribution in [0.4, 0.5) is 0 Å². The number of aliphatic carboxylic acids is 1. The van der Waals surface area contributed by atoms with Crippen LogP contribution in [0.2, 0.25) is 0 Å². The number of carbonyl (C=O) groups excluding carboxylic acids is 1. The standard InChI is InChI=1S/C18H24N2O6S/c1-3-4-7-14(18(22)23)19-17(21)13-8-9-15(26-2)16(12-13)27(24,25)20-10-5-6-11-20/h3,8-9,12,14H,1,4-7,10-11H2,2H3,(H,19,21)(H,22,23). The van der Waals surface area contributed by atoms with E-state index in [0.29, 0.717) is 19.5 Å². The van der Waals surface area contributed by atoms with Crippen molar-refractivity contribution in [2.45, 2.75) is 36.6 Å². The first-order valence-corrected chi connectivity index (χ1v) is 10.1. The third-order valence-corrected chi connectivity index (χ3v) is 6.29. The molecule has 0 spiro atoms. The second-order valence-electron chi connectivity index (χ2n) is 6.21. The molecule has 0 aliphatic carbocycles. The van der Waals surface area contributed by atoms with E-state index in [1.807, 2.05) is 0 Å². The Morgan fingerprint density at radius 3 is 2.59 bits per heavy atom. The number of ether oxygens (including phenoxy) is 1. The molecule has 9 heteroatoms. The number of nitrogens with one attached hydrogen (secondary N) is 1. The molecule has 1 saturated heterocycles. The number of hydrogen-bond acceptors (Lipinski definition) is 5. The summed E-state index contributed by atoms with van der Waals surface area (Å²) in [6, 6.07) is 2.95. The molecule has 1 heterocycles. The second kappa shape index (κ2) is 9.01. The van der Waals surface area contributed by atoms with Crippen LogP contribution in [0, 0.1) is 0 Å². The maximum absolute atomic E-state index is 12.9. The van der Waals surface area contributed by atoms with Crippen molar-refractivity contribution in [2.75, 3.05) is 20.2 Å². The number of rotatable bonds is 9. The molecule has 0 radical (unpaired) electrons. The fourth-order valence-electron chi connectivity index (χ4n) is 2.87. The van der Waals surface area contributed by atoms with Crippen molar-refractivity contribution in [3.8, 4) is 5.75 Å². The zero-order chi connectivity index (χ0) is 20.0. The summed E-state index contributed by atoms with van der Waals surface area (Å²) >= 11 is 0. The normalized spacial score (nSPS) is 15.9. The van der Waals surface area contributed by atoms with Crippen molar-refractivity contribution in [3.63, 3.8) is 0 Å². The third-order valence-electron chi connectivity index (χ3n) is 4.37. The minimum Gasteiger partial charge on any atom is -0.495 e. The zero-order valence-corrected chi connectivity index (χ0v) is 16.0. The van der Waals surface area contributed by atoms with Crippen molar-refractivity contribution >= 4 is 21.9 Å². The highest BCUT2D eigenvalue weighted by atomic mass is 32.2. The van der Waals surface area contributed by atoms with Crippen LogP contribution in [0.15, 0.2) is 35.7 Å². The lowest BCUT2D eigenvalue weighted by atomic mass is 10.1. The summed E-state index contributed by atoms with van der Waals surface area (Å²) in [5, 5.41) is 11.7. The monoisotopic (exact) mass is 396 g/mol. The molecule has 0 bridgehead atoms. The SMILES string of the molecule is C=CCCC(NC(=O)c1ccc(OC)c(S(=O)(=O)N2CCCC2)c1)C(=O)O. The van der Waals surface area contributed by atoms with Gasteiger partial charge in [0.2, 0.25) is 10.0 Å². The number of allylic oxidation sites excluding steroid dienone is 1. The first-order chi connectivity index (χ1) is 12.8. The molecule has 1 aliphatic heterocycles. The van der Waals surface area contributed by atoms with Gasteiger partial charge in [-0.05, 0) is 43.9 Å². The molecule has 1 aromatic carbocycles. The van der Waals surface area contributed by atoms with Gasteiger partial charge in [-0.3, -0.25) is 4.79 Å². The van der Waals surface area contributed by atoms with Crippen LogP contribution >= 0.6 is 0 Å². The van der Waals surface area contributed by atoms with Gasteiger partial charge in [0.1, 0.15) is 16.7 Å². The fourth-order valence-corrected chi connectivity index (χ4v) is 4.57. The predicted octanol–water partition coefficient (Wildman–Crippen LogP) is 1.63.